The van der Waals surface area contributed by atoms with Crippen LogP contribution in [0.4, 0.5) is 0 Å². The Hall–Kier alpha value is -2.70. The number of aryl methyl sites for hydroxylation is 1. The predicted molar refractivity (Wildman–Crippen MR) is 88.5 cm³/mol. The molecule has 126 valence electrons. The summed E-state index contributed by atoms with van der Waals surface area (Å²) in [6.45, 7) is 8.24. The zero-order valence-electron chi connectivity index (χ0n) is 14.3. The molecule has 0 fully saturated rings. The van der Waals surface area contributed by atoms with Gasteiger partial charge in [-0.25, -0.2) is 4.98 Å². The van der Waals surface area contributed by atoms with Crippen LogP contribution < -0.4 is 5.32 Å². The third-order valence-corrected chi connectivity index (χ3v) is 3.72. The second kappa shape index (κ2) is 6.07. The third-order valence-electron chi connectivity index (χ3n) is 3.72. The highest BCUT2D eigenvalue weighted by atomic mass is 16.5. The molecule has 7 nitrogen and oxygen atoms in total. The minimum atomic E-state index is -0.180. The Bertz CT molecular complexity index is 873. The van der Waals surface area contributed by atoms with E-state index in [9.17, 15) is 4.79 Å². The van der Waals surface area contributed by atoms with Crippen molar-refractivity contribution in [1.82, 2.24) is 24.8 Å². The van der Waals surface area contributed by atoms with Crippen LogP contribution in [0.15, 0.2) is 29.0 Å². The van der Waals surface area contributed by atoms with Crippen LogP contribution in [0.2, 0.25) is 0 Å². The molecule has 1 N–H and O–H groups in total. The molecular weight excluding hydrogens is 306 g/mol. The lowest BCUT2D eigenvalue weighted by molar-refractivity contribution is -0.120. The maximum atomic E-state index is 12.2. The molecule has 0 aliphatic carbocycles. The summed E-state index contributed by atoms with van der Waals surface area (Å²) in [7, 11) is 0. The van der Waals surface area contributed by atoms with E-state index in [1.165, 1.54) is 0 Å². The summed E-state index contributed by atoms with van der Waals surface area (Å²) in [5.41, 5.74) is 2.60. The number of hydrogen-bond donors (Lipinski definition) is 1. The monoisotopic (exact) mass is 327 g/mol. The van der Waals surface area contributed by atoms with Gasteiger partial charge in [0.1, 0.15) is 5.65 Å². The lowest BCUT2D eigenvalue weighted by Crippen LogP contribution is -2.25. The fourth-order valence-corrected chi connectivity index (χ4v) is 2.37. The van der Waals surface area contributed by atoms with E-state index < -0.39 is 0 Å². The first-order valence-corrected chi connectivity index (χ1v) is 7.86. The quantitative estimate of drug-likeness (QED) is 0.794. The Balaban J connectivity index is 1.63. The van der Waals surface area contributed by atoms with Gasteiger partial charge in [0.2, 0.25) is 11.8 Å². The number of nitrogens with one attached hydrogen (secondary N) is 1. The number of nitrogens with zero attached hydrogens (tertiary/aromatic N) is 4. The fraction of sp³-hybridized carbons (Fsp3) is 0.412. The molecule has 0 saturated heterocycles. The standard InChI is InChI=1S/C17H21N5O2/c1-11-6-5-7-22-12(9-19-15(11)22)8-13(23)18-10-14-20-16(21-24-14)17(2,3)4/h5-7,9H,8,10H2,1-4H3,(H,18,23). The normalized spacial score (nSPS) is 11.8. The number of carbonyl (C=O) groups excluding carboxylic acids is 1. The van der Waals surface area contributed by atoms with Gasteiger partial charge in [-0.05, 0) is 18.6 Å². The largest absolute Gasteiger partial charge is 0.347 e. The van der Waals surface area contributed by atoms with Crippen molar-refractivity contribution in [2.24, 2.45) is 0 Å². The average Bonchev–Trinajstić information content (AvgIpc) is 3.13. The summed E-state index contributed by atoms with van der Waals surface area (Å²) in [4.78, 5) is 20.8. The van der Waals surface area contributed by atoms with Crippen molar-refractivity contribution in [3.05, 3.63) is 47.5 Å². The minimum absolute atomic E-state index is 0.117. The smallest absolute Gasteiger partial charge is 0.246 e. The molecule has 0 unspecified atom stereocenters. The Labute approximate surface area is 140 Å². The molecule has 0 aliphatic rings. The van der Waals surface area contributed by atoms with Gasteiger partial charge in [-0.2, -0.15) is 4.98 Å². The fourth-order valence-electron chi connectivity index (χ4n) is 2.37. The van der Waals surface area contributed by atoms with E-state index in [1.54, 1.807) is 6.20 Å². The second-order valence-corrected chi connectivity index (χ2v) is 6.85. The van der Waals surface area contributed by atoms with Gasteiger partial charge in [-0.15, -0.1) is 0 Å². The topological polar surface area (TPSA) is 85.3 Å². The molecule has 3 aromatic rings. The van der Waals surface area contributed by atoms with Gasteiger partial charge in [0.25, 0.3) is 0 Å². The first kappa shape index (κ1) is 16.2. The Morgan fingerprint density at radius 1 is 1.38 bits per heavy atom. The minimum Gasteiger partial charge on any atom is -0.347 e. The highest BCUT2D eigenvalue weighted by molar-refractivity contribution is 5.78. The van der Waals surface area contributed by atoms with Crippen molar-refractivity contribution >= 4 is 11.6 Å². The summed E-state index contributed by atoms with van der Waals surface area (Å²) in [6.07, 6.45) is 3.88. The Kier molecular flexibility index (Phi) is 4.09. The zero-order chi connectivity index (χ0) is 17.3. The van der Waals surface area contributed by atoms with Gasteiger partial charge < -0.3 is 14.2 Å². The van der Waals surface area contributed by atoms with Crippen molar-refractivity contribution in [2.45, 2.75) is 46.1 Å². The molecular formula is C17H21N5O2. The van der Waals surface area contributed by atoms with Gasteiger partial charge in [0.05, 0.1) is 18.7 Å². The molecule has 3 aromatic heterocycles. The van der Waals surface area contributed by atoms with Crippen LogP contribution in [-0.2, 0) is 23.2 Å². The average molecular weight is 327 g/mol. The summed E-state index contributed by atoms with van der Waals surface area (Å²) >= 11 is 0. The molecule has 0 spiro atoms. The number of carbonyl (C=O) groups is 1. The van der Waals surface area contributed by atoms with Crippen molar-refractivity contribution < 1.29 is 9.32 Å². The predicted octanol–water partition coefficient (Wildman–Crippen LogP) is 2.18. The highest BCUT2D eigenvalue weighted by Crippen LogP contribution is 2.18. The lowest BCUT2D eigenvalue weighted by atomic mass is 9.96. The molecule has 0 bridgehead atoms. The van der Waals surface area contributed by atoms with E-state index >= 15 is 0 Å². The van der Waals surface area contributed by atoms with Crippen LogP contribution in [0.3, 0.4) is 0 Å². The summed E-state index contributed by atoms with van der Waals surface area (Å²) in [5.74, 6) is 0.917. The molecule has 3 heterocycles. The molecule has 1 amide bonds. The van der Waals surface area contributed by atoms with Crippen molar-refractivity contribution in [3.8, 4) is 0 Å². The van der Waals surface area contributed by atoms with Crippen LogP contribution in [0.25, 0.3) is 5.65 Å². The van der Waals surface area contributed by atoms with E-state index in [2.05, 4.69) is 20.4 Å². The van der Waals surface area contributed by atoms with E-state index in [0.717, 1.165) is 16.9 Å². The van der Waals surface area contributed by atoms with E-state index in [0.29, 0.717) is 11.7 Å². The third kappa shape index (κ3) is 3.29. The molecule has 0 aromatic carbocycles. The van der Waals surface area contributed by atoms with E-state index in [4.69, 9.17) is 4.52 Å². The number of hydrogen-bond acceptors (Lipinski definition) is 5. The first-order chi connectivity index (χ1) is 11.3. The van der Waals surface area contributed by atoms with Gasteiger partial charge in [-0.1, -0.05) is 32.0 Å². The highest BCUT2D eigenvalue weighted by Gasteiger charge is 2.21. The molecule has 0 aliphatic heterocycles. The summed E-state index contributed by atoms with van der Waals surface area (Å²) < 4.78 is 7.10. The molecule has 0 radical (unpaired) electrons. The number of aromatic nitrogens is 4. The van der Waals surface area contributed by atoms with E-state index in [1.807, 2.05) is 50.4 Å². The van der Waals surface area contributed by atoms with Crippen molar-refractivity contribution in [1.29, 1.82) is 0 Å². The van der Waals surface area contributed by atoms with Crippen LogP contribution >= 0.6 is 0 Å². The second-order valence-electron chi connectivity index (χ2n) is 6.85. The molecule has 3 rings (SSSR count). The molecule has 7 heteroatoms. The van der Waals surface area contributed by atoms with Crippen molar-refractivity contribution in [2.75, 3.05) is 0 Å². The maximum absolute atomic E-state index is 12.2. The molecule has 0 atom stereocenters. The lowest BCUT2D eigenvalue weighted by Gasteiger charge is -2.10. The van der Waals surface area contributed by atoms with Gasteiger partial charge in [-0.3, -0.25) is 4.79 Å². The van der Waals surface area contributed by atoms with Crippen LogP contribution in [0, 0.1) is 6.92 Å². The number of rotatable bonds is 4. The SMILES string of the molecule is Cc1cccn2c(CC(=O)NCc3nc(C(C)(C)C)no3)cnc12. The maximum Gasteiger partial charge on any atom is 0.246 e. The number of amides is 1. The van der Waals surface area contributed by atoms with Crippen LogP contribution in [0.1, 0.15) is 43.7 Å². The van der Waals surface area contributed by atoms with Gasteiger partial charge in [0, 0.05) is 17.8 Å². The zero-order valence-corrected chi connectivity index (χ0v) is 14.3. The summed E-state index contributed by atoms with van der Waals surface area (Å²) in [6, 6.07) is 3.94. The Morgan fingerprint density at radius 2 is 2.17 bits per heavy atom. The number of pyridine rings is 1. The van der Waals surface area contributed by atoms with Gasteiger partial charge in [0.15, 0.2) is 5.82 Å². The molecule has 0 saturated carbocycles. The summed E-state index contributed by atoms with van der Waals surface area (Å²) in [5, 5.41) is 6.75. The number of fused-ring (bicyclic) bond motifs is 1. The molecule has 24 heavy (non-hydrogen) atoms. The van der Waals surface area contributed by atoms with Crippen LogP contribution in [-0.4, -0.2) is 25.4 Å². The van der Waals surface area contributed by atoms with Crippen LogP contribution in [0.5, 0.6) is 0 Å². The Morgan fingerprint density at radius 3 is 2.88 bits per heavy atom. The first-order valence-electron chi connectivity index (χ1n) is 7.86. The number of imidazole rings is 1. The van der Waals surface area contributed by atoms with Crippen molar-refractivity contribution in [3.63, 3.8) is 0 Å². The van der Waals surface area contributed by atoms with Gasteiger partial charge >= 0.3 is 0 Å². The van der Waals surface area contributed by atoms with E-state index in [-0.39, 0.29) is 24.3 Å².